The second kappa shape index (κ2) is 5.30. The van der Waals surface area contributed by atoms with Crippen LogP contribution in [0.25, 0.3) is 0 Å². The van der Waals surface area contributed by atoms with Crippen LogP contribution in [0, 0.1) is 0 Å². The Morgan fingerprint density at radius 1 is 1.16 bits per heavy atom. The average molecular weight is 264 g/mol. The van der Waals surface area contributed by atoms with E-state index in [1.807, 2.05) is 0 Å². The van der Waals surface area contributed by atoms with Crippen LogP contribution in [0.4, 0.5) is 11.6 Å². The van der Waals surface area contributed by atoms with Gasteiger partial charge in [-0.05, 0) is 7.05 Å². The second-order valence-corrected chi connectivity index (χ2v) is 6.15. The Bertz CT molecular complexity index is 431. The predicted molar refractivity (Wildman–Crippen MR) is 77.8 cm³/mol. The molecule has 106 valence electrons. The number of nitrogens with one attached hydrogen (secondary N) is 1. The van der Waals surface area contributed by atoms with Gasteiger partial charge in [0.25, 0.3) is 0 Å². The van der Waals surface area contributed by atoms with E-state index in [2.05, 4.69) is 53.1 Å². The number of likely N-dealkylation sites (N-methyl/N-ethyl adjacent to an activating group) is 1. The molecule has 3 N–H and O–H groups in total. The molecule has 1 aliphatic rings. The topological polar surface area (TPSA) is 70.3 Å². The first kappa shape index (κ1) is 14.0. The molecule has 0 aromatic carbocycles. The van der Waals surface area contributed by atoms with Crippen molar-refractivity contribution in [3.05, 3.63) is 11.9 Å². The van der Waals surface area contributed by atoms with Gasteiger partial charge in [-0.1, -0.05) is 20.8 Å². The molecule has 1 aliphatic heterocycles. The summed E-state index contributed by atoms with van der Waals surface area (Å²) in [7, 11) is 2.14. The lowest BCUT2D eigenvalue weighted by molar-refractivity contribution is 0.178. The summed E-state index contributed by atoms with van der Waals surface area (Å²) in [6.07, 6.45) is 0. The van der Waals surface area contributed by atoms with Gasteiger partial charge < -0.3 is 16.1 Å². The van der Waals surface area contributed by atoms with Crippen LogP contribution in [0.1, 0.15) is 26.6 Å². The number of nitrogen functional groups attached to an aromatic ring is 1. The molecule has 0 saturated carbocycles. The lowest BCUT2D eigenvalue weighted by atomic mass is 9.96. The van der Waals surface area contributed by atoms with E-state index >= 15 is 0 Å². The zero-order chi connectivity index (χ0) is 14.0. The summed E-state index contributed by atoms with van der Waals surface area (Å²) in [4.78, 5) is 11.2. The normalized spacial score (nSPS) is 18.5. The first-order valence-corrected chi connectivity index (χ1v) is 6.70. The van der Waals surface area contributed by atoms with E-state index < -0.39 is 0 Å². The molecule has 1 fully saturated rings. The van der Waals surface area contributed by atoms with Crippen LogP contribution in [0.3, 0.4) is 0 Å². The van der Waals surface area contributed by atoms with E-state index in [0.29, 0.717) is 5.82 Å². The lowest BCUT2D eigenvalue weighted by Crippen LogP contribution is -2.47. The van der Waals surface area contributed by atoms with E-state index in [1.165, 1.54) is 0 Å². The maximum atomic E-state index is 5.87. The van der Waals surface area contributed by atoms with E-state index in [9.17, 15) is 0 Å². The summed E-state index contributed by atoms with van der Waals surface area (Å²) in [5, 5.41) is 2.17. The van der Waals surface area contributed by atoms with Gasteiger partial charge in [0, 0.05) is 37.7 Å². The molecular formula is C13H24N6. The Morgan fingerprint density at radius 2 is 1.79 bits per heavy atom. The number of piperazine rings is 1. The fraction of sp³-hybridized carbons (Fsp3) is 0.692. The first-order chi connectivity index (χ1) is 8.84. The predicted octanol–water partition coefficient (Wildman–Crippen LogP) is 0.931. The summed E-state index contributed by atoms with van der Waals surface area (Å²) in [6.45, 7) is 10.3. The molecule has 6 heteroatoms. The van der Waals surface area contributed by atoms with Crippen LogP contribution in [-0.4, -0.2) is 53.1 Å². The number of nitrogens with two attached hydrogens (primary N) is 1. The molecule has 0 aliphatic carbocycles. The molecule has 1 saturated heterocycles. The third kappa shape index (κ3) is 3.78. The highest BCUT2D eigenvalue weighted by Gasteiger charge is 2.20. The molecule has 19 heavy (non-hydrogen) atoms. The van der Waals surface area contributed by atoms with Gasteiger partial charge in [0.2, 0.25) is 0 Å². The summed E-state index contributed by atoms with van der Waals surface area (Å²) in [5.74, 6) is 2.06. The molecule has 0 amide bonds. The molecule has 2 rings (SSSR count). The van der Waals surface area contributed by atoms with Crippen molar-refractivity contribution in [3.8, 4) is 0 Å². The first-order valence-electron chi connectivity index (χ1n) is 6.70. The smallest absolute Gasteiger partial charge is 0.146 e. The monoisotopic (exact) mass is 264 g/mol. The number of anilines is 2. The third-order valence-corrected chi connectivity index (χ3v) is 3.19. The van der Waals surface area contributed by atoms with E-state index in [4.69, 9.17) is 5.73 Å². The minimum atomic E-state index is -0.103. The zero-order valence-corrected chi connectivity index (χ0v) is 12.3. The molecule has 0 spiro atoms. The number of hydrogen-bond acceptors (Lipinski definition) is 6. The van der Waals surface area contributed by atoms with Crippen molar-refractivity contribution in [1.29, 1.82) is 0 Å². The lowest BCUT2D eigenvalue weighted by Gasteiger charge is -2.33. The van der Waals surface area contributed by atoms with Crippen LogP contribution < -0.4 is 11.2 Å². The van der Waals surface area contributed by atoms with Gasteiger partial charge in [0.1, 0.15) is 17.5 Å². The highest BCUT2D eigenvalue weighted by Crippen LogP contribution is 2.21. The summed E-state index contributed by atoms with van der Waals surface area (Å²) in [6, 6.07) is 1.79. The van der Waals surface area contributed by atoms with Crippen LogP contribution >= 0.6 is 0 Å². The van der Waals surface area contributed by atoms with Crippen molar-refractivity contribution >= 4 is 11.6 Å². The maximum Gasteiger partial charge on any atom is 0.146 e. The van der Waals surface area contributed by atoms with Gasteiger partial charge in [-0.25, -0.2) is 15.0 Å². The van der Waals surface area contributed by atoms with Gasteiger partial charge in [-0.2, -0.15) is 0 Å². The quantitative estimate of drug-likeness (QED) is 0.828. The highest BCUT2D eigenvalue weighted by molar-refractivity contribution is 5.44. The minimum Gasteiger partial charge on any atom is -0.384 e. The molecule has 1 aromatic rings. The van der Waals surface area contributed by atoms with Crippen LogP contribution in [0.15, 0.2) is 6.07 Å². The van der Waals surface area contributed by atoms with E-state index in [0.717, 1.165) is 37.8 Å². The molecule has 2 heterocycles. The summed E-state index contributed by atoms with van der Waals surface area (Å²) in [5.41, 5.74) is 9.09. The number of nitrogens with zero attached hydrogens (tertiary/aromatic N) is 4. The molecule has 0 unspecified atom stereocenters. The molecule has 0 radical (unpaired) electrons. The molecular weight excluding hydrogens is 240 g/mol. The molecule has 6 nitrogen and oxygen atoms in total. The Balaban J connectivity index is 2.10. The van der Waals surface area contributed by atoms with Crippen molar-refractivity contribution < 1.29 is 0 Å². The second-order valence-electron chi connectivity index (χ2n) is 6.15. The fourth-order valence-corrected chi connectivity index (χ4v) is 1.94. The SMILES string of the molecule is CN1CCN(Nc2cc(N)nc(C(C)(C)C)n2)CC1. The zero-order valence-electron chi connectivity index (χ0n) is 12.3. The van der Waals surface area contributed by atoms with Crippen molar-refractivity contribution in [2.24, 2.45) is 0 Å². The van der Waals surface area contributed by atoms with Crippen molar-refractivity contribution in [2.45, 2.75) is 26.2 Å². The Kier molecular flexibility index (Phi) is 3.91. The van der Waals surface area contributed by atoms with Crippen molar-refractivity contribution in [3.63, 3.8) is 0 Å². The Morgan fingerprint density at radius 3 is 2.37 bits per heavy atom. The van der Waals surface area contributed by atoms with Gasteiger partial charge >= 0.3 is 0 Å². The number of hydrazine groups is 1. The largest absolute Gasteiger partial charge is 0.384 e. The number of hydrogen-bond donors (Lipinski definition) is 2. The Labute approximate surface area is 115 Å². The average Bonchev–Trinajstić information content (AvgIpc) is 2.30. The van der Waals surface area contributed by atoms with E-state index in [1.54, 1.807) is 6.07 Å². The molecule has 1 aromatic heterocycles. The summed E-state index contributed by atoms with van der Waals surface area (Å²) >= 11 is 0. The van der Waals surface area contributed by atoms with Crippen LogP contribution in [-0.2, 0) is 5.41 Å². The number of aromatic nitrogens is 2. The minimum absolute atomic E-state index is 0.103. The van der Waals surface area contributed by atoms with Crippen molar-refractivity contribution in [2.75, 3.05) is 44.4 Å². The summed E-state index contributed by atoms with van der Waals surface area (Å²) < 4.78 is 0. The maximum absolute atomic E-state index is 5.87. The number of rotatable bonds is 2. The van der Waals surface area contributed by atoms with Gasteiger partial charge in [0.15, 0.2) is 0 Å². The van der Waals surface area contributed by atoms with Gasteiger partial charge in [-0.15, -0.1) is 0 Å². The van der Waals surface area contributed by atoms with Gasteiger partial charge in [0.05, 0.1) is 0 Å². The third-order valence-electron chi connectivity index (χ3n) is 3.19. The fourth-order valence-electron chi connectivity index (χ4n) is 1.94. The van der Waals surface area contributed by atoms with Crippen molar-refractivity contribution in [1.82, 2.24) is 19.9 Å². The van der Waals surface area contributed by atoms with Crippen LogP contribution in [0.5, 0.6) is 0 Å². The Hall–Kier alpha value is -1.40. The van der Waals surface area contributed by atoms with E-state index in [-0.39, 0.29) is 5.41 Å². The standard InChI is InChI=1S/C13H24N6/c1-13(2,3)12-15-10(14)9-11(16-12)17-19-7-5-18(4)6-8-19/h9H,5-8H2,1-4H3,(H3,14,15,16,17). The molecule has 0 bridgehead atoms. The van der Waals surface area contributed by atoms with Gasteiger partial charge in [-0.3, -0.25) is 0 Å². The molecule has 0 atom stereocenters. The highest BCUT2D eigenvalue weighted by atomic mass is 15.5. The van der Waals surface area contributed by atoms with Crippen LogP contribution in [0.2, 0.25) is 0 Å².